The third-order valence-electron chi connectivity index (χ3n) is 8.41. The van der Waals surface area contributed by atoms with Crippen LogP contribution in [0.15, 0.2) is 93.3 Å². The molecule has 2 N–H and O–H groups in total. The monoisotopic (exact) mass is 632 g/mol. The first kappa shape index (κ1) is 31.4. The Morgan fingerprint density at radius 3 is 2.45 bits per heavy atom. The minimum absolute atomic E-state index is 0.115. The van der Waals surface area contributed by atoms with E-state index in [2.05, 4.69) is 27.3 Å². The summed E-state index contributed by atoms with van der Waals surface area (Å²) in [7, 11) is 4.86. The number of nitrogens with zero attached hydrogens (tertiary/aromatic N) is 2. The molecule has 5 aromatic rings. The van der Waals surface area contributed by atoms with Crippen LogP contribution < -0.4 is 36.6 Å². The van der Waals surface area contributed by atoms with Gasteiger partial charge in [0.2, 0.25) is 0 Å². The number of carbonyl (C=O) groups excluding carboxylic acids is 1. The van der Waals surface area contributed by atoms with Crippen LogP contribution in [0.25, 0.3) is 12.2 Å². The van der Waals surface area contributed by atoms with Crippen molar-refractivity contribution in [2.75, 3.05) is 32.6 Å². The number of rotatable bonds is 9. The molecule has 0 saturated heterocycles. The summed E-state index contributed by atoms with van der Waals surface area (Å²) in [6.45, 7) is 2.76. The fourth-order valence-electron chi connectivity index (χ4n) is 5.77. The van der Waals surface area contributed by atoms with Gasteiger partial charge in [-0.3, -0.25) is 19.3 Å². The van der Waals surface area contributed by atoms with E-state index in [9.17, 15) is 14.4 Å². The van der Waals surface area contributed by atoms with Gasteiger partial charge in [0.15, 0.2) is 11.5 Å². The maximum atomic E-state index is 13.1. The highest BCUT2D eigenvalue weighted by molar-refractivity contribution is 6.04. The van der Waals surface area contributed by atoms with Gasteiger partial charge in [0.25, 0.3) is 17.0 Å². The second-order valence-corrected chi connectivity index (χ2v) is 11.5. The Balaban J connectivity index is 1.09. The molecule has 3 heterocycles. The maximum Gasteiger partial charge on any atom is 0.274 e. The van der Waals surface area contributed by atoms with E-state index >= 15 is 0 Å². The summed E-state index contributed by atoms with van der Waals surface area (Å²) in [6.07, 6.45) is 7.97. The Morgan fingerprint density at radius 1 is 0.957 bits per heavy atom. The second kappa shape index (κ2) is 13.8. The zero-order valence-electron chi connectivity index (χ0n) is 26.5. The minimum atomic E-state index is -0.417. The highest BCUT2D eigenvalue weighted by Gasteiger charge is 2.19. The number of carbonyl (C=O) groups is 1. The lowest BCUT2D eigenvalue weighted by Crippen LogP contribution is -2.52. The molecule has 2 aromatic heterocycles. The number of ether oxygens (including phenoxy) is 2. The number of aromatic amines is 1. The zero-order valence-corrected chi connectivity index (χ0v) is 26.5. The number of H-pyrrole nitrogens is 1. The molecule has 10 heteroatoms. The first-order valence-corrected chi connectivity index (χ1v) is 15.3. The van der Waals surface area contributed by atoms with E-state index in [4.69, 9.17) is 13.9 Å². The van der Waals surface area contributed by atoms with Crippen molar-refractivity contribution in [3.63, 3.8) is 0 Å². The number of aromatic nitrogens is 2. The van der Waals surface area contributed by atoms with E-state index in [0.29, 0.717) is 22.4 Å². The number of amides is 1. The van der Waals surface area contributed by atoms with Crippen LogP contribution in [0, 0.1) is 0 Å². The van der Waals surface area contributed by atoms with Gasteiger partial charge in [-0.25, -0.2) is 0 Å². The first-order chi connectivity index (χ1) is 22.8. The Bertz CT molecular complexity index is 2150. The largest absolute Gasteiger partial charge is 0.493 e. The van der Waals surface area contributed by atoms with E-state index in [-0.39, 0.29) is 22.2 Å². The number of hydrogen-bond acceptors (Lipinski definition) is 7. The predicted octanol–water partition coefficient (Wildman–Crippen LogP) is 3.19. The molecule has 1 amide bonds. The van der Waals surface area contributed by atoms with Crippen molar-refractivity contribution in [1.82, 2.24) is 14.5 Å². The van der Waals surface area contributed by atoms with Crippen LogP contribution in [0.5, 0.6) is 11.5 Å². The van der Waals surface area contributed by atoms with Crippen LogP contribution in [-0.2, 0) is 26.4 Å². The summed E-state index contributed by atoms with van der Waals surface area (Å²) in [5.41, 5.74) is 5.34. The molecule has 1 aliphatic heterocycles. The number of methoxy groups -OCH3 is 2. The van der Waals surface area contributed by atoms with Crippen molar-refractivity contribution < 1.29 is 18.7 Å². The van der Waals surface area contributed by atoms with E-state index in [1.54, 1.807) is 56.7 Å². The molecule has 0 fully saturated rings. The topological polar surface area (TPSA) is 119 Å². The van der Waals surface area contributed by atoms with Gasteiger partial charge < -0.3 is 28.8 Å². The second-order valence-electron chi connectivity index (χ2n) is 11.5. The van der Waals surface area contributed by atoms with Crippen molar-refractivity contribution in [2.24, 2.45) is 7.05 Å². The van der Waals surface area contributed by atoms with E-state index in [0.717, 1.165) is 44.0 Å². The van der Waals surface area contributed by atoms with Crippen LogP contribution in [0.2, 0.25) is 0 Å². The van der Waals surface area contributed by atoms with E-state index < -0.39 is 5.56 Å². The SMILES string of the molecule is COc1cc2c(cc1OC)CN(CCc1ccc(NC(=O)c3cccc(C=c4[nH]c(=O)c(=Cc5ccoc5)n(C)c4=O)c3)cc1)CC2. The third kappa shape index (κ3) is 7.13. The maximum absolute atomic E-state index is 13.1. The molecule has 47 heavy (non-hydrogen) atoms. The smallest absolute Gasteiger partial charge is 0.274 e. The van der Waals surface area contributed by atoms with Crippen molar-refractivity contribution >= 4 is 23.7 Å². The molecule has 0 radical (unpaired) electrons. The van der Waals surface area contributed by atoms with E-state index in [1.165, 1.54) is 40.8 Å². The molecule has 0 bridgehead atoms. The summed E-state index contributed by atoms with van der Waals surface area (Å²) in [6, 6.07) is 20.6. The summed E-state index contributed by atoms with van der Waals surface area (Å²) in [5, 5.41) is 3.27. The zero-order chi connectivity index (χ0) is 32.9. The molecule has 0 unspecified atom stereocenters. The Labute approximate surface area is 271 Å². The summed E-state index contributed by atoms with van der Waals surface area (Å²) < 4.78 is 17.3. The number of hydrogen-bond donors (Lipinski definition) is 2. The molecule has 6 rings (SSSR count). The first-order valence-electron chi connectivity index (χ1n) is 15.3. The Kier molecular flexibility index (Phi) is 9.21. The molecule has 0 atom stereocenters. The molecule has 1 aliphatic rings. The summed E-state index contributed by atoms with van der Waals surface area (Å²) >= 11 is 0. The summed E-state index contributed by atoms with van der Waals surface area (Å²) in [4.78, 5) is 44.0. The van der Waals surface area contributed by atoms with Crippen LogP contribution in [0.1, 0.15) is 38.2 Å². The lowest BCUT2D eigenvalue weighted by molar-refractivity contribution is 0.102. The molecule has 3 aromatic carbocycles. The van der Waals surface area contributed by atoms with Gasteiger partial charge in [-0.1, -0.05) is 24.3 Å². The Hall–Kier alpha value is -5.61. The normalized spacial score (nSPS) is 13.8. The van der Waals surface area contributed by atoms with Crippen LogP contribution in [0.4, 0.5) is 5.69 Å². The van der Waals surface area contributed by atoms with Crippen LogP contribution >= 0.6 is 0 Å². The fraction of sp³-hybridized carbons (Fsp3) is 0.216. The summed E-state index contributed by atoms with van der Waals surface area (Å²) in [5.74, 6) is 1.24. The number of furan rings is 1. The van der Waals surface area contributed by atoms with Crippen molar-refractivity contribution in [1.29, 1.82) is 0 Å². The molecular formula is C37H36N4O6. The Morgan fingerprint density at radius 2 is 1.72 bits per heavy atom. The van der Waals surface area contributed by atoms with E-state index in [1.807, 2.05) is 24.3 Å². The van der Waals surface area contributed by atoms with Crippen LogP contribution in [-0.4, -0.2) is 47.7 Å². The van der Waals surface area contributed by atoms with Gasteiger partial charge in [0, 0.05) is 43.5 Å². The molecule has 0 spiro atoms. The van der Waals surface area contributed by atoms with Gasteiger partial charge in [0.1, 0.15) is 10.7 Å². The van der Waals surface area contributed by atoms with Gasteiger partial charge in [-0.2, -0.15) is 0 Å². The average Bonchev–Trinajstić information content (AvgIpc) is 3.61. The van der Waals surface area contributed by atoms with Gasteiger partial charge in [0.05, 0.1) is 26.7 Å². The number of benzene rings is 3. The third-order valence-corrected chi connectivity index (χ3v) is 8.41. The fourth-order valence-corrected chi connectivity index (χ4v) is 5.77. The van der Waals surface area contributed by atoms with Gasteiger partial charge in [-0.05, 0) is 89.7 Å². The van der Waals surface area contributed by atoms with Crippen LogP contribution in [0.3, 0.4) is 0 Å². The number of anilines is 1. The lowest BCUT2D eigenvalue weighted by Gasteiger charge is -2.29. The van der Waals surface area contributed by atoms with Crippen molar-refractivity contribution in [3.05, 3.63) is 144 Å². The number of fused-ring (bicyclic) bond motifs is 1. The van der Waals surface area contributed by atoms with Gasteiger partial charge in [-0.15, -0.1) is 0 Å². The molecular weight excluding hydrogens is 596 g/mol. The highest BCUT2D eigenvalue weighted by Crippen LogP contribution is 2.33. The average molecular weight is 633 g/mol. The highest BCUT2D eigenvalue weighted by atomic mass is 16.5. The minimum Gasteiger partial charge on any atom is -0.493 e. The van der Waals surface area contributed by atoms with Crippen molar-refractivity contribution in [2.45, 2.75) is 19.4 Å². The predicted molar refractivity (Wildman–Crippen MR) is 180 cm³/mol. The molecule has 0 aliphatic carbocycles. The lowest BCUT2D eigenvalue weighted by atomic mass is 9.98. The van der Waals surface area contributed by atoms with Crippen molar-refractivity contribution in [3.8, 4) is 11.5 Å². The van der Waals surface area contributed by atoms with Gasteiger partial charge >= 0.3 is 0 Å². The molecule has 0 saturated carbocycles. The molecule has 10 nitrogen and oxygen atoms in total. The standard InChI is InChI=1S/C37H36N4O6/c1-40-32(19-26-13-16-47-23-26)36(43)39-31(37(40)44)18-25-5-4-6-28(17-25)35(42)38-30-9-7-24(8-10-30)11-14-41-15-12-27-20-33(45-2)34(46-3)21-29(27)22-41/h4-10,13,16-21,23H,11-12,14-15,22H2,1-3H3,(H,38,42)(H,39,43). The quantitative estimate of drug-likeness (QED) is 0.256. The molecule has 240 valence electrons. The number of nitrogens with one attached hydrogen (secondary N) is 2.